The van der Waals surface area contributed by atoms with Crippen molar-refractivity contribution in [2.24, 2.45) is 11.1 Å². The van der Waals surface area contributed by atoms with E-state index in [4.69, 9.17) is 5.73 Å². The molecular formula is C6H14ClN. The third-order valence-electron chi connectivity index (χ3n) is 1.63. The third kappa shape index (κ3) is 1.64. The van der Waals surface area contributed by atoms with Crippen LogP contribution >= 0.6 is 12.4 Å². The molecule has 8 heavy (non-hydrogen) atoms. The van der Waals surface area contributed by atoms with Crippen LogP contribution in [0.1, 0.15) is 26.7 Å². The Morgan fingerprint density at radius 1 is 1.38 bits per heavy atom. The van der Waals surface area contributed by atoms with E-state index in [1.165, 1.54) is 12.8 Å². The predicted octanol–water partition coefficient (Wildman–Crippen LogP) is 1.56. The van der Waals surface area contributed by atoms with Gasteiger partial charge in [0.05, 0.1) is 0 Å². The fraction of sp³-hybridized carbons (Fsp3) is 1.00. The van der Waals surface area contributed by atoms with E-state index >= 15 is 0 Å². The van der Waals surface area contributed by atoms with Gasteiger partial charge in [-0.1, -0.05) is 13.8 Å². The first kappa shape index (κ1) is 8.25. The van der Waals surface area contributed by atoms with Gasteiger partial charge in [-0.3, -0.25) is 0 Å². The molecule has 0 spiro atoms. The van der Waals surface area contributed by atoms with E-state index in [1.807, 2.05) is 0 Å². The second kappa shape index (κ2) is 2.24. The van der Waals surface area contributed by atoms with Gasteiger partial charge in [-0.2, -0.15) is 0 Å². The molecule has 50 valence electrons. The zero-order valence-electron chi connectivity index (χ0n) is 5.48. The van der Waals surface area contributed by atoms with E-state index in [0.717, 1.165) is 0 Å². The normalized spacial score (nSPS) is 25.9. The molecule has 1 saturated carbocycles. The van der Waals surface area contributed by atoms with Crippen LogP contribution in [0.4, 0.5) is 0 Å². The van der Waals surface area contributed by atoms with Crippen LogP contribution < -0.4 is 5.73 Å². The summed E-state index contributed by atoms with van der Waals surface area (Å²) in [6.45, 7) is 4.52. The highest BCUT2D eigenvalue weighted by Gasteiger charge is 2.32. The van der Waals surface area contributed by atoms with Crippen LogP contribution in [0, 0.1) is 5.41 Å². The number of hydrogen-bond acceptors (Lipinski definition) is 1. The minimum absolute atomic E-state index is 0. The molecule has 1 nitrogen and oxygen atoms in total. The van der Waals surface area contributed by atoms with Gasteiger partial charge in [-0.05, 0) is 18.3 Å². The highest BCUT2D eigenvalue weighted by atomic mass is 35.5. The highest BCUT2D eigenvalue weighted by molar-refractivity contribution is 5.85. The lowest BCUT2D eigenvalue weighted by atomic mass is 9.69. The molecule has 2 N–H and O–H groups in total. The summed E-state index contributed by atoms with van der Waals surface area (Å²) in [5.41, 5.74) is 6.12. The van der Waals surface area contributed by atoms with Crippen LogP contribution in [-0.4, -0.2) is 6.04 Å². The molecular weight excluding hydrogens is 122 g/mol. The first-order chi connectivity index (χ1) is 3.10. The number of hydrogen-bond donors (Lipinski definition) is 1. The zero-order chi connectivity index (χ0) is 5.49. The summed E-state index contributed by atoms with van der Waals surface area (Å²) in [6.07, 6.45) is 2.43. The molecule has 0 atom stereocenters. The fourth-order valence-electron chi connectivity index (χ4n) is 1.36. The van der Waals surface area contributed by atoms with Gasteiger partial charge in [0.25, 0.3) is 0 Å². The summed E-state index contributed by atoms with van der Waals surface area (Å²) < 4.78 is 0. The Balaban J connectivity index is 0.000000490. The maximum Gasteiger partial charge on any atom is 0.00490 e. The molecule has 2 heteroatoms. The molecule has 0 aromatic rings. The summed E-state index contributed by atoms with van der Waals surface area (Å²) in [7, 11) is 0. The van der Waals surface area contributed by atoms with Gasteiger partial charge in [0, 0.05) is 6.04 Å². The van der Waals surface area contributed by atoms with Gasteiger partial charge >= 0.3 is 0 Å². The molecule has 1 fully saturated rings. The Hall–Kier alpha value is 0.250. The first-order valence-corrected chi connectivity index (χ1v) is 2.86. The molecule has 0 amide bonds. The Kier molecular flexibility index (Phi) is 2.31. The van der Waals surface area contributed by atoms with Gasteiger partial charge in [-0.15, -0.1) is 12.4 Å². The third-order valence-corrected chi connectivity index (χ3v) is 1.63. The molecule has 1 aliphatic rings. The van der Waals surface area contributed by atoms with Gasteiger partial charge < -0.3 is 5.73 Å². The van der Waals surface area contributed by atoms with Crippen molar-refractivity contribution in [2.75, 3.05) is 0 Å². The van der Waals surface area contributed by atoms with Crippen LogP contribution in [0.5, 0.6) is 0 Å². The van der Waals surface area contributed by atoms with Crippen LogP contribution in [-0.2, 0) is 0 Å². The van der Waals surface area contributed by atoms with Gasteiger partial charge in [0.2, 0.25) is 0 Å². The first-order valence-electron chi connectivity index (χ1n) is 2.86. The van der Waals surface area contributed by atoms with E-state index in [-0.39, 0.29) is 12.4 Å². The molecule has 1 aliphatic carbocycles. The molecule has 0 aliphatic heterocycles. The van der Waals surface area contributed by atoms with Crippen molar-refractivity contribution in [1.29, 1.82) is 0 Å². The van der Waals surface area contributed by atoms with Gasteiger partial charge in [0.15, 0.2) is 0 Å². The minimum atomic E-state index is 0. The van der Waals surface area contributed by atoms with Crippen LogP contribution in [0.2, 0.25) is 0 Å². The highest BCUT2D eigenvalue weighted by Crippen LogP contribution is 2.38. The smallest absolute Gasteiger partial charge is 0.00490 e. The van der Waals surface area contributed by atoms with Gasteiger partial charge in [-0.25, -0.2) is 0 Å². The van der Waals surface area contributed by atoms with Crippen molar-refractivity contribution in [3.8, 4) is 0 Å². The fourth-order valence-corrected chi connectivity index (χ4v) is 1.36. The number of halogens is 1. The second-order valence-corrected chi connectivity index (χ2v) is 3.33. The monoisotopic (exact) mass is 135 g/mol. The van der Waals surface area contributed by atoms with E-state index in [2.05, 4.69) is 13.8 Å². The number of nitrogens with two attached hydrogens (primary N) is 1. The van der Waals surface area contributed by atoms with Gasteiger partial charge in [0.1, 0.15) is 0 Å². The quantitative estimate of drug-likeness (QED) is 0.536. The van der Waals surface area contributed by atoms with Crippen molar-refractivity contribution in [3.63, 3.8) is 0 Å². The van der Waals surface area contributed by atoms with E-state index < -0.39 is 0 Å². The average molecular weight is 136 g/mol. The van der Waals surface area contributed by atoms with Crippen molar-refractivity contribution >= 4 is 12.4 Å². The molecule has 0 radical (unpaired) electrons. The molecule has 0 unspecified atom stereocenters. The molecule has 0 heterocycles. The average Bonchev–Trinajstić information content (AvgIpc) is 1.27. The van der Waals surface area contributed by atoms with Crippen LogP contribution in [0.25, 0.3) is 0 Å². The molecule has 0 aromatic carbocycles. The second-order valence-electron chi connectivity index (χ2n) is 3.33. The summed E-state index contributed by atoms with van der Waals surface area (Å²) in [6, 6.07) is 0.509. The summed E-state index contributed by atoms with van der Waals surface area (Å²) in [5, 5.41) is 0. The summed E-state index contributed by atoms with van der Waals surface area (Å²) >= 11 is 0. The number of rotatable bonds is 0. The van der Waals surface area contributed by atoms with Crippen LogP contribution in [0.15, 0.2) is 0 Å². The predicted molar refractivity (Wildman–Crippen MR) is 38.2 cm³/mol. The topological polar surface area (TPSA) is 26.0 Å². The molecule has 1 rings (SSSR count). The lowest BCUT2D eigenvalue weighted by molar-refractivity contribution is 0.155. The standard InChI is InChI=1S/C6H13N.ClH/c1-6(2)3-5(7)4-6;/h5H,3-4,7H2,1-2H3;1H. The lowest BCUT2D eigenvalue weighted by Crippen LogP contribution is -2.41. The Morgan fingerprint density at radius 3 is 1.75 bits per heavy atom. The Labute approximate surface area is 57.1 Å². The molecule has 0 aromatic heterocycles. The maximum atomic E-state index is 5.55. The minimum Gasteiger partial charge on any atom is -0.328 e. The van der Waals surface area contributed by atoms with E-state index in [1.54, 1.807) is 0 Å². The summed E-state index contributed by atoms with van der Waals surface area (Å²) in [4.78, 5) is 0. The van der Waals surface area contributed by atoms with Crippen LogP contribution in [0.3, 0.4) is 0 Å². The zero-order valence-corrected chi connectivity index (χ0v) is 6.29. The Bertz CT molecular complexity index is 72.6. The maximum absolute atomic E-state index is 5.55. The summed E-state index contributed by atoms with van der Waals surface area (Å²) in [5.74, 6) is 0. The molecule has 0 saturated heterocycles. The van der Waals surface area contributed by atoms with E-state index in [9.17, 15) is 0 Å². The largest absolute Gasteiger partial charge is 0.328 e. The SMILES string of the molecule is CC1(C)CC(N)C1.Cl. The Morgan fingerprint density at radius 2 is 1.75 bits per heavy atom. The van der Waals surface area contributed by atoms with Crippen molar-refractivity contribution in [2.45, 2.75) is 32.7 Å². The van der Waals surface area contributed by atoms with E-state index in [0.29, 0.717) is 11.5 Å². The van der Waals surface area contributed by atoms with Crippen molar-refractivity contribution in [3.05, 3.63) is 0 Å². The van der Waals surface area contributed by atoms with Crippen molar-refractivity contribution in [1.82, 2.24) is 0 Å². The molecule has 0 bridgehead atoms. The van der Waals surface area contributed by atoms with Crippen molar-refractivity contribution < 1.29 is 0 Å². The lowest BCUT2D eigenvalue weighted by Gasteiger charge is -2.40.